The fraction of sp³-hybridized carbons (Fsp3) is 0.0625. The first-order valence-corrected chi connectivity index (χ1v) is 7.16. The highest BCUT2D eigenvalue weighted by molar-refractivity contribution is 6.30. The first-order chi connectivity index (χ1) is 11.0. The summed E-state index contributed by atoms with van der Waals surface area (Å²) in [6.07, 6.45) is 2.91. The Balaban J connectivity index is 1.93. The Morgan fingerprint density at radius 3 is 2.70 bits per heavy atom. The largest absolute Gasteiger partial charge is 0.478 e. The minimum Gasteiger partial charge on any atom is -0.478 e. The summed E-state index contributed by atoms with van der Waals surface area (Å²) in [5.74, 6) is -0.361. The zero-order valence-corrected chi connectivity index (χ0v) is 12.9. The van der Waals surface area contributed by atoms with Crippen molar-refractivity contribution in [2.75, 3.05) is 5.32 Å². The van der Waals surface area contributed by atoms with Crippen molar-refractivity contribution in [3.05, 3.63) is 59.4 Å². The van der Waals surface area contributed by atoms with Gasteiger partial charge in [-0.05, 0) is 18.2 Å². The van der Waals surface area contributed by atoms with E-state index in [-0.39, 0.29) is 5.56 Å². The summed E-state index contributed by atoms with van der Waals surface area (Å²) < 4.78 is 1.64. The molecule has 0 unspecified atom stereocenters. The van der Waals surface area contributed by atoms with Gasteiger partial charge in [0.25, 0.3) is 0 Å². The van der Waals surface area contributed by atoms with Gasteiger partial charge < -0.3 is 10.4 Å². The van der Waals surface area contributed by atoms with E-state index < -0.39 is 5.97 Å². The first-order valence-electron chi connectivity index (χ1n) is 6.79. The predicted octanol–water partition coefficient (Wildman–Crippen LogP) is 3.58. The number of aromatic carboxylic acids is 1. The molecule has 3 rings (SSSR count). The smallest absolute Gasteiger partial charge is 0.337 e. The zero-order chi connectivity index (χ0) is 16.4. The van der Waals surface area contributed by atoms with Crippen molar-refractivity contribution in [2.45, 2.75) is 0 Å². The second-order valence-electron chi connectivity index (χ2n) is 4.90. The van der Waals surface area contributed by atoms with E-state index in [0.717, 1.165) is 11.3 Å². The van der Waals surface area contributed by atoms with Crippen LogP contribution in [0.5, 0.6) is 0 Å². The van der Waals surface area contributed by atoms with Crippen molar-refractivity contribution in [1.82, 2.24) is 14.8 Å². The number of carbonyl (C=O) groups is 1. The fourth-order valence-corrected chi connectivity index (χ4v) is 2.29. The van der Waals surface area contributed by atoms with Gasteiger partial charge in [0.1, 0.15) is 5.82 Å². The molecule has 6 nitrogen and oxygen atoms in total. The van der Waals surface area contributed by atoms with E-state index in [1.165, 1.54) is 18.5 Å². The Hall–Kier alpha value is -2.86. The number of rotatable bonds is 4. The second-order valence-corrected chi connectivity index (χ2v) is 5.33. The van der Waals surface area contributed by atoms with Crippen molar-refractivity contribution < 1.29 is 9.90 Å². The number of nitrogens with one attached hydrogen (secondary N) is 1. The van der Waals surface area contributed by atoms with Crippen LogP contribution in [0.3, 0.4) is 0 Å². The van der Waals surface area contributed by atoms with E-state index >= 15 is 0 Å². The lowest BCUT2D eigenvalue weighted by Gasteiger charge is -2.08. The van der Waals surface area contributed by atoms with Gasteiger partial charge in [-0.1, -0.05) is 23.7 Å². The van der Waals surface area contributed by atoms with Gasteiger partial charge >= 0.3 is 5.97 Å². The van der Waals surface area contributed by atoms with Gasteiger partial charge in [-0.2, -0.15) is 5.10 Å². The Morgan fingerprint density at radius 1 is 1.26 bits per heavy atom. The van der Waals surface area contributed by atoms with Gasteiger partial charge in [0.2, 0.25) is 0 Å². The van der Waals surface area contributed by atoms with Crippen molar-refractivity contribution in [1.29, 1.82) is 0 Å². The summed E-state index contributed by atoms with van der Waals surface area (Å²) in [5.41, 5.74) is 2.23. The van der Waals surface area contributed by atoms with Crippen molar-refractivity contribution in [3.8, 4) is 11.3 Å². The summed E-state index contributed by atoms with van der Waals surface area (Å²) in [7, 11) is 1.78. The third-order valence-electron chi connectivity index (χ3n) is 3.33. The standard InChI is InChI=1S/C16H13ClN4O2/c1-21-15(19-14-9-18-7-6-12(14)16(22)23)8-13(20-21)10-2-4-11(17)5-3-10/h2-9,19H,1H3,(H,22,23). The van der Waals surface area contributed by atoms with Gasteiger partial charge in [-0.25, -0.2) is 4.79 Å². The molecule has 0 fully saturated rings. The number of benzene rings is 1. The molecular formula is C16H13ClN4O2. The normalized spacial score (nSPS) is 10.5. The molecule has 0 aliphatic carbocycles. The zero-order valence-electron chi connectivity index (χ0n) is 12.2. The molecule has 3 aromatic rings. The van der Waals surface area contributed by atoms with Crippen LogP contribution >= 0.6 is 11.6 Å². The first kappa shape index (κ1) is 15.1. The Bertz CT molecular complexity index is 859. The molecular weight excluding hydrogens is 316 g/mol. The molecule has 0 saturated heterocycles. The maximum absolute atomic E-state index is 11.3. The molecule has 2 aromatic heterocycles. The van der Waals surface area contributed by atoms with Crippen LogP contribution in [-0.4, -0.2) is 25.8 Å². The van der Waals surface area contributed by atoms with Crippen LogP contribution in [0.4, 0.5) is 11.5 Å². The molecule has 7 heteroatoms. The van der Waals surface area contributed by atoms with Crippen LogP contribution in [0.1, 0.15) is 10.4 Å². The summed E-state index contributed by atoms with van der Waals surface area (Å²) in [4.78, 5) is 15.2. The summed E-state index contributed by atoms with van der Waals surface area (Å²) >= 11 is 5.89. The minimum atomic E-state index is -1.02. The topological polar surface area (TPSA) is 80.0 Å². The van der Waals surface area contributed by atoms with Crippen LogP contribution < -0.4 is 5.32 Å². The van der Waals surface area contributed by atoms with Crippen LogP contribution in [0.25, 0.3) is 11.3 Å². The van der Waals surface area contributed by atoms with Crippen LogP contribution in [0.15, 0.2) is 48.8 Å². The fourth-order valence-electron chi connectivity index (χ4n) is 2.16. The number of aromatic nitrogens is 3. The number of hydrogen-bond donors (Lipinski definition) is 2. The number of halogens is 1. The molecule has 0 amide bonds. The number of anilines is 2. The monoisotopic (exact) mass is 328 g/mol. The van der Waals surface area contributed by atoms with Crippen LogP contribution in [0, 0.1) is 0 Å². The second kappa shape index (κ2) is 6.10. The highest BCUT2D eigenvalue weighted by Crippen LogP contribution is 2.26. The van der Waals surface area contributed by atoms with Gasteiger partial charge in [-0.3, -0.25) is 9.67 Å². The SMILES string of the molecule is Cn1nc(-c2ccc(Cl)cc2)cc1Nc1cnccc1C(=O)O. The highest BCUT2D eigenvalue weighted by atomic mass is 35.5. The lowest BCUT2D eigenvalue weighted by Crippen LogP contribution is -2.05. The summed E-state index contributed by atoms with van der Waals surface area (Å²) in [6, 6.07) is 10.6. The number of carboxylic acid groups (broad SMARTS) is 1. The predicted molar refractivity (Wildman–Crippen MR) is 88.1 cm³/mol. The molecule has 0 aliphatic heterocycles. The number of pyridine rings is 1. The molecule has 0 spiro atoms. The quantitative estimate of drug-likeness (QED) is 0.765. The average Bonchev–Trinajstić information content (AvgIpc) is 2.89. The van der Waals surface area contributed by atoms with Gasteiger partial charge in [0.05, 0.1) is 23.1 Å². The van der Waals surface area contributed by atoms with Gasteiger partial charge in [0.15, 0.2) is 0 Å². The average molecular weight is 329 g/mol. The number of hydrogen-bond acceptors (Lipinski definition) is 4. The molecule has 0 saturated carbocycles. The van der Waals surface area contributed by atoms with Crippen LogP contribution in [0.2, 0.25) is 5.02 Å². The lowest BCUT2D eigenvalue weighted by atomic mass is 10.1. The molecule has 0 radical (unpaired) electrons. The molecule has 2 N–H and O–H groups in total. The Labute approximate surface area is 137 Å². The van der Waals surface area contributed by atoms with Crippen molar-refractivity contribution in [3.63, 3.8) is 0 Å². The van der Waals surface area contributed by atoms with Crippen molar-refractivity contribution >= 4 is 29.1 Å². The van der Waals surface area contributed by atoms with E-state index in [0.29, 0.717) is 16.5 Å². The van der Waals surface area contributed by atoms with Crippen molar-refractivity contribution in [2.24, 2.45) is 7.05 Å². The number of carboxylic acids is 1. The molecule has 116 valence electrons. The maximum atomic E-state index is 11.3. The lowest BCUT2D eigenvalue weighted by molar-refractivity contribution is 0.0698. The van der Waals surface area contributed by atoms with Gasteiger partial charge in [-0.15, -0.1) is 0 Å². The highest BCUT2D eigenvalue weighted by Gasteiger charge is 2.13. The minimum absolute atomic E-state index is 0.147. The number of aryl methyl sites for hydroxylation is 1. The van der Waals surface area contributed by atoms with Crippen LogP contribution in [-0.2, 0) is 7.05 Å². The van der Waals surface area contributed by atoms with Gasteiger partial charge in [0, 0.05) is 29.9 Å². The summed E-state index contributed by atoms with van der Waals surface area (Å²) in [6.45, 7) is 0. The van der Waals surface area contributed by atoms with E-state index in [1.54, 1.807) is 23.9 Å². The molecule has 1 aromatic carbocycles. The molecule has 0 atom stereocenters. The van der Waals surface area contributed by atoms with E-state index in [4.69, 9.17) is 11.6 Å². The third kappa shape index (κ3) is 3.17. The Kier molecular flexibility index (Phi) is 3.99. The summed E-state index contributed by atoms with van der Waals surface area (Å²) in [5, 5.41) is 17.4. The number of nitrogens with zero attached hydrogens (tertiary/aromatic N) is 3. The van der Waals surface area contributed by atoms with E-state index in [9.17, 15) is 9.90 Å². The molecule has 23 heavy (non-hydrogen) atoms. The molecule has 0 bridgehead atoms. The van der Waals surface area contributed by atoms with E-state index in [2.05, 4.69) is 15.4 Å². The maximum Gasteiger partial charge on any atom is 0.337 e. The Morgan fingerprint density at radius 2 is 2.00 bits per heavy atom. The third-order valence-corrected chi connectivity index (χ3v) is 3.59. The molecule has 2 heterocycles. The molecule has 0 aliphatic rings. The van der Waals surface area contributed by atoms with E-state index in [1.807, 2.05) is 18.2 Å².